The Balaban J connectivity index is 2.02. The maximum atomic E-state index is 8.34. The van der Waals surface area contributed by atoms with Crippen LogP contribution < -0.4 is 5.73 Å². The van der Waals surface area contributed by atoms with Crippen LogP contribution in [0.2, 0.25) is 0 Å². The summed E-state index contributed by atoms with van der Waals surface area (Å²) in [5.74, 6) is 0. The van der Waals surface area contributed by atoms with Crippen LogP contribution in [0.5, 0.6) is 0 Å². The minimum atomic E-state index is 0.358. The summed E-state index contributed by atoms with van der Waals surface area (Å²) in [6.45, 7) is 2.01. The molecule has 4 nitrogen and oxygen atoms in total. The molecule has 5 heteroatoms. The van der Waals surface area contributed by atoms with Crippen LogP contribution in [-0.4, -0.2) is 15.7 Å². The van der Waals surface area contributed by atoms with Gasteiger partial charge in [0.2, 0.25) is 0 Å². The van der Waals surface area contributed by atoms with Gasteiger partial charge in [0.25, 0.3) is 0 Å². The fourth-order valence-corrected chi connectivity index (χ4v) is 3.01. The summed E-state index contributed by atoms with van der Waals surface area (Å²) >= 11 is 1.50. The third-order valence-electron chi connectivity index (χ3n) is 3.18. The van der Waals surface area contributed by atoms with Crippen molar-refractivity contribution in [1.29, 1.82) is 5.41 Å². The summed E-state index contributed by atoms with van der Waals surface area (Å²) in [5, 5.41) is 9.01. The van der Waals surface area contributed by atoms with Crippen molar-refractivity contribution in [1.82, 2.24) is 9.97 Å². The van der Waals surface area contributed by atoms with Crippen LogP contribution in [0.3, 0.4) is 0 Å². The highest BCUT2D eigenvalue weighted by Gasteiger charge is 2.15. The third-order valence-corrected chi connectivity index (χ3v) is 4.16. The number of nitrogen functional groups attached to an aromatic ring is 1. The predicted molar refractivity (Wildman–Crippen MR) is 86.9 cm³/mol. The Hall–Kier alpha value is -2.53. The van der Waals surface area contributed by atoms with Crippen molar-refractivity contribution in [2.75, 3.05) is 5.73 Å². The highest BCUT2D eigenvalue weighted by Crippen LogP contribution is 2.29. The van der Waals surface area contributed by atoms with Gasteiger partial charge >= 0.3 is 0 Å². The highest BCUT2D eigenvalue weighted by atomic mass is 32.1. The van der Waals surface area contributed by atoms with Gasteiger partial charge in [0, 0.05) is 34.1 Å². The lowest BCUT2D eigenvalue weighted by atomic mass is 10.1. The smallest absolute Gasteiger partial charge is 0.142 e. The zero-order valence-corrected chi connectivity index (χ0v) is 12.3. The summed E-state index contributed by atoms with van der Waals surface area (Å²) < 4.78 is 0. The summed E-state index contributed by atoms with van der Waals surface area (Å²) in [7, 11) is 0. The number of hydrogen-bond acceptors (Lipinski definition) is 5. The monoisotopic (exact) mass is 294 g/mol. The van der Waals surface area contributed by atoms with Gasteiger partial charge in [0.1, 0.15) is 5.01 Å². The molecular weight excluding hydrogens is 280 g/mol. The van der Waals surface area contributed by atoms with Gasteiger partial charge in [-0.05, 0) is 25.1 Å². The van der Waals surface area contributed by atoms with Gasteiger partial charge in [-0.25, -0.2) is 4.98 Å². The molecule has 0 aliphatic carbocycles. The van der Waals surface area contributed by atoms with Crippen LogP contribution in [0, 0.1) is 12.3 Å². The first-order valence-electron chi connectivity index (χ1n) is 6.48. The standard InChI is InChI=1S/C16H14N4S/c1-10-15(11-5-4-8-19-9-11)20-16(21-10)14(18)12-6-2-3-7-13(12)17/h2-9,18H,17H2,1H3. The fraction of sp³-hybridized carbons (Fsp3) is 0.0625. The minimum Gasteiger partial charge on any atom is -0.398 e. The third kappa shape index (κ3) is 2.55. The average molecular weight is 294 g/mol. The van der Waals surface area contributed by atoms with E-state index in [4.69, 9.17) is 11.1 Å². The van der Waals surface area contributed by atoms with Gasteiger partial charge in [-0.3, -0.25) is 10.4 Å². The molecule has 2 aromatic heterocycles. The Morgan fingerprint density at radius 1 is 1.19 bits per heavy atom. The molecule has 1 aromatic carbocycles. The van der Waals surface area contributed by atoms with E-state index in [-0.39, 0.29) is 0 Å². The van der Waals surface area contributed by atoms with E-state index in [9.17, 15) is 0 Å². The van der Waals surface area contributed by atoms with Crippen molar-refractivity contribution >= 4 is 22.7 Å². The fourth-order valence-electron chi connectivity index (χ4n) is 2.11. The first-order valence-corrected chi connectivity index (χ1v) is 7.30. The van der Waals surface area contributed by atoms with E-state index in [1.807, 2.05) is 37.3 Å². The van der Waals surface area contributed by atoms with Gasteiger partial charge < -0.3 is 5.73 Å². The average Bonchev–Trinajstić information content (AvgIpc) is 2.90. The number of benzene rings is 1. The number of nitrogens with one attached hydrogen (secondary N) is 1. The lowest BCUT2D eigenvalue weighted by Gasteiger charge is -2.04. The van der Waals surface area contributed by atoms with E-state index in [0.717, 1.165) is 16.1 Å². The van der Waals surface area contributed by atoms with Crippen LogP contribution in [0.15, 0.2) is 48.8 Å². The normalized spacial score (nSPS) is 10.5. The van der Waals surface area contributed by atoms with E-state index in [1.54, 1.807) is 18.5 Å². The van der Waals surface area contributed by atoms with Crippen molar-refractivity contribution in [2.45, 2.75) is 6.92 Å². The first-order chi connectivity index (χ1) is 10.2. The van der Waals surface area contributed by atoms with Crippen LogP contribution in [0.4, 0.5) is 5.69 Å². The van der Waals surface area contributed by atoms with Crippen LogP contribution >= 0.6 is 11.3 Å². The molecule has 3 rings (SSSR count). The van der Waals surface area contributed by atoms with Crippen molar-refractivity contribution < 1.29 is 0 Å². The van der Waals surface area contributed by atoms with Gasteiger partial charge in [-0.15, -0.1) is 11.3 Å². The topological polar surface area (TPSA) is 75.7 Å². The number of anilines is 1. The van der Waals surface area contributed by atoms with E-state index in [0.29, 0.717) is 22.0 Å². The molecule has 0 saturated carbocycles. The van der Waals surface area contributed by atoms with E-state index >= 15 is 0 Å². The lowest BCUT2D eigenvalue weighted by Crippen LogP contribution is -2.04. The van der Waals surface area contributed by atoms with Gasteiger partial charge in [-0.1, -0.05) is 18.2 Å². The summed E-state index contributed by atoms with van der Waals surface area (Å²) in [5.41, 5.74) is 9.45. The maximum Gasteiger partial charge on any atom is 0.142 e. The first kappa shape index (κ1) is 13.5. The number of aromatic nitrogens is 2. The van der Waals surface area contributed by atoms with Gasteiger partial charge in [-0.2, -0.15) is 0 Å². The number of nitrogens with zero attached hydrogens (tertiary/aromatic N) is 2. The molecular formula is C16H14N4S. The molecule has 0 spiro atoms. The zero-order valence-electron chi connectivity index (χ0n) is 11.5. The molecule has 0 unspecified atom stereocenters. The molecule has 21 heavy (non-hydrogen) atoms. The number of hydrogen-bond donors (Lipinski definition) is 2. The summed E-state index contributed by atoms with van der Waals surface area (Å²) in [4.78, 5) is 9.78. The van der Waals surface area contributed by atoms with Crippen molar-refractivity contribution in [2.24, 2.45) is 0 Å². The Kier molecular flexibility index (Phi) is 3.50. The Labute approximate surface area is 126 Å². The number of aryl methyl sites for hydroxylation is 1. The molecule has 0 amide bonds. The quantitative estimate of drug-likeness (QED) is 0.573. The number of rotatable bonds is 3. The van der Waals surface area contributed by atoms with Gasteiger partial charge in [0.05, 0.1) is 11.4 Å². The number of nitrogens with two attached hydrogens (primary N) is 1. The Morgan fingerprint density at radius 3 is 2.71 bits per heavy atom. The van der Waals surface area contributed by atoms with Crippen LogP contribution in [-0.2, 0) is 0 Å². The second-order valence-electron chi connectivity index (χ2n) is 4.63. The minimum absolute atomic E-state index is 0.358. The number of thiazole rings is 1. The summed E-state index contributed by atoms with van der Waals surface area (Å²) in [6, 6.07) is 11.2. The lowest BCUT2D eigenvalue weighted by molar-refractivity contribution is 1.28. The second-order valence-corrected chi connectivity index (χ2v) is 5.83. The number of pyridine rings is 1. The molecule has 104 valence electrons. The van der Waals surface area contributed by atoms with Crippen molar-refractivity contribution in [3.63, 3.8) is 0 Å². The van der Waals surface area contributed by atoms with E-state index in [1.165, 1.54) is 11.3 Å². The van der Waals surface area contributed by atoms with Crippen LogP contribution in [0.25, 0.3) is 11.3 Å². The molecule has 0 radical (unpaired) electrons. The largest absolute Gasteiger partial charge is 0.398 e. The Morgan fingerprint density at radius 2 is 2.00 bits per heavy atom. The molecule has 0 fully saturated rings. The molecule has 0 aliphatic rings. The highest BCUT2D eigenvalue weighted by molar-refractivity contribution is 7.14. The molecule has 0 atom stereocenters. The van der Waals surface area contributed by atoms with E-state index < -0.39 is 0 Å². The summed E-state index contributed by atoms with van der Waals surface area (Å²) in [6.07, 6.45) is 3.52. The maximum absolute atomic E-state index is 8.34. The number of para-hydroxylation sites is 1. The van der Waals surface area contributed by atoms with Crippen LogP contribution in [0.1, 0.15) is 15.4 Å². The predicted octanol–water partition coefficient (Wildman–Crippen LogP) is 3.51. The molecule has 3 N–H and O–H groups in total. The molecule has 0 bridgehead atoms. The molecule has 3 aromatic rings. The SMILES string of the molecule is Cc1sc(C(=N)c2ccccc2N)nc1-c1cccnc1. The molecule has 2 heterocycles. The zero-order chi connectivity index (χ0) is 14.8. The van der Waals surface area contributed by atoms with E-state index in [2.05, 4.69) is 9.97 Å². The molecule has 0 saturated heterocycles. The molecule has 0 aliphatic heterocycles. The Bertz CT molecular complexity index is 793. The van der Waals surface area contributed by atoms with Gasteiger partial charge in [0.15, 0.2) is 0 Å². The second kappa shape index (κ2) is 5.46. The van der Waals surface area contributed by atoms with Crippen molar-refractivity contribution in [3.8, 4) is 11.3 Å². The van der Waals surface area contributed by atoms with Crippen molar-refractivity contribution in [3.05, 3.63) is 64.2 Å².